The van der Waals surface area contributed by atoms with E-state index in [1.807, 2.05) is 28.9 Å². The zero-order valence-corrected chi connectivity index (χ0v) is 9.97. The van der Waals surface area contributed by atoms with Crippen LogP contribution in [0.2, 0.25) is 0 Å². The molecule has 2 rings (SSSR count). The van der Waals surface area contributed by atoms with E-state index >= 15 is 0 Å². The Morgan fingerprint density at radius 2 is 2.36 bits per heavy atom. The predicted molar refractivity (Wildman–Crippen MR) is 63.3 cm³/mol. The maximum absolute atomic E-state index is 9.27. The van der Waals surface area contributed by atoms with Gasteiger partial charge in [-0.3, -0.25) is 4.40 Å². The van der Waals surface area contributed by atoms with Crippen molar-refractivity contribution in [3.05, 3.63) is 33.8 Å². The number of rotatable bonds is 2. The molecule has 0 aromatic carbocycles. The van der Waals surface area contributed by atoms with Crippen LogP contribution in [-0.4, -0.2) is 20.6 Å². The SMILES string of the molecule is CC(O)Cc1ccc2ncc(I)n2c1. The van der Waals surface area contributed by atoms with E-state index in [0.717, 1.165) is 14.9 Å². The smallest absolute Gasteiger partial charge is 0.137 e. The van der Waals surface area contributed by atoms with E-state index in [9.17, 15) is 5.11 Å². The van der Waals surface area contributed by atoms with Gasteiger partial charge in [0.1, 0.15) is 9.35 Å². The highest BCUT2D eigenvalue weighted by molar-refractivity contribution is 14.1. The lowest BCUT2D eigenvalue weighted by atomic mass is 10.1. The minimum Gasteiger partial charge on any atom is -0.393 e. The molecule has 2 aromatic heterocycles. The Bertz CT molecular complexity index is 450. The Kier molecular flexibility index (Phi) is 2.73. The van der Waals surface area contributed by atoms with Crippen LogP contribution < -0.4 is 0 Å². The molecule has 1 atom stereocenters. The van der Waals surface area contributed by atoms with Crippen LogP contribution in [0.15, 0.2) is 24.5 Å². The van der Waals surface area contributed by atoms with Gasteiger partial charge in [0.15, 0.2) is 0 Å². The molecule has 2 heterocycles. The Hall–Kier alpha value is -0.620. The number of aliphatic hydroxyl groups excluding tert-OH is 1. The summed E-state index contributed by atoms with van der Waals surface area (Å²) < 4.78 is 3.11. The van der Waals surface area contributed by atoms with Gasteiger partial charge < -0.3 is 5.11 Å². The fourth-order valence-corrected chi connectivity index (χ4v) is 1.98. The molecule has 1 unspecified atom stereocenters. The number of imidazole rings is 1. The minimum atomic E-state index is -0.298. The van der Waals surface area contributed by atoms with E-state index in [4.69, 9.17) is 0 Å². The first-order valence-electron chi connectivity index (χ1n) is 4.46. The third kappa shape index (κ3) is 1.90. The van der Waals surface area contributed by atoms with E-state index in [0.29, 0.717) is 6.42 Å². The number of hydrogen-bond acceptors (Lipinski definition) is 2. The van der Waals surface area contributed by atoms with Crippen molar-refractivity contribution in [1.29, 1.82) is 0 Å². The van der Waals surface area contributed by atoms with Gasteiger partial charge in [0.25, 0.3) is 0 Å². The molecule has 1 N–H and O–H groups in total. The molecule has 2 aromatic rings. The Labute approximate surface area is 95.9 Å². The normalized spacial score (nSPS) is 13.4. The van der Waals surface area contributed by atoms with Gasteiger partial charge in [-0.25, -0.2) is 4.98 Å². The first-order valence-corrected chi connectivity index (χ1v) is 5.54. The molecule has 0 aliphatic heterocycles. The van der Waals surface area contributed by atoms with Crippen LogP contribution in [0.1, 0.15) is 12.5 Å². The van der Waals surface area contributed by atoms with Gasteiger partial charge in [0, 0.05) is 6.20 Å². The Morgan fingerprint density at radius 3 is 3.07 bits per heavy atom. The molecule has 0 saturated heterocycles. The lowest BCUT2D eigenvalue weighted by Crippen LogP contribution is -2.05. The summed E-state index contributed by atoms with van der Waals surface area (Å²) in [6.45, 7) is 1.79. The average molecular weight is 302 g/mol. The molecule has 4 heteroatoms. The van der Waals surface area contributed by atoms with Gasteiger partial charge in [-0.15, -0.1) is 0 Å². The molecular formula is C10H11IN2O. The first kappa shape index (κ1) is 9.92. The second-order valence-corrected chi connectivity index (χ2v) is 4.50. The van der Waals surface area contributed by atoms with Crippen molar-refractivity contribution >= 4 is 28.2 Å². The molecule has 0 spiro atoms. The van der Waals surface area contributed by atoms with E-state index < -0.39 is 0 Å². The molecule has 0 fully saturated rings. The zero-order valence-electron chi connectivity index (χ0n) is 7.81. The van der Waals surface area contributed by atoms with Crippen molar-refractivity contribution in [3.63, 3.8) is 0 Å². The number of nitrogens with zero attached hydrogens (tertiary/aromatic N) is 2. The highest BCUT2D eigenvalue weighted by Crippen LogP contribution is 2.12. The van der Waals surface area contributed by atoms with Crippen molar-refractivity contribution in [3.8, 4) is 0 Å². The summed E-state index contributed by atoms with van der Waals surface area (Å²) in [4.78, 5) is 4.23. The summed E-state index contributed by atoms with van der Waals surface area (Å²) in [5.74, 6) is 0. The minimum absolute atomic E-state index is 0.298. The molecule has 3 nitrogen and oxygen atoms in total. The van der Waals surface area contributed by atoms with Crippen LogP contribution in [-0.2, 0) is 6.42 Å². The molecule has 0 aliphatic rings. The lowest BCUT2D eigenvalue weighted by Gasteiger charge is -2.05. The molecule has 0 aliphatic carbocycles. The summed E-state index contributed by atoms with van der Waals surface area (Å²) in [6, 6.07) is 3.98. The standard InChI is InChI=1S/C10H11IN2O/c1-7(14)4-8-2-3-10-12-5-9(11)13(10)6-8/h2-3,5-7,14H,4H2,1H3. The number of aromatic nitrogens is 2. The second kappa shape index (κ2) is 3.86. The number of halogens is 1. The monoisotopic (exact) mass is 302 g/mol. The Balaban J connectivity index is 2.44. The number of aliphatic hydroxyl groups is 1. The lowest BCUT2D eigenvalue weighted by molar-refractivity contribution is 0.195. The van der Waals surface area contributed by atoms with Crippen LogP contribution >= 0.6 is 22.6 Å². The van der Waals surface area contributed by atoms with Crippen molar-refractivity contribution in [2.24, 2.45) is 0 Å². The quantitative estimate of drug-likeness (QED) is 0.860. The van der Waals surface area contributed by atoms with Crippen LogP contribution in [0, 0.1) is 3.70 Å². The highest BCUT2D eigenvalue weighted by Gasteiger charge is 2.03. The summed E-state index contributed by atoms with van der Waals surface area (Å²) in [6.07, 6.45) is 4.25. The van der Waals surface area contributed by atoms with Crippen LogP contribution in [0.4, 0.5) is 0 Å². The summed E-state index contributed by atoms with van der Waals surface area (Å²) in [7, 11) is 0. The van der Waals surface area contributed by atoms with E-state index in [-0.39, 0.29) is 6.10 Å². The molecule has 0 radical (unpaired) electrons. The van der Waals surface area contributed by atoms with Gasteiger partial charge in [0.2, 0.25) is 0 Å². The van der Waals surface area contributed by atoms with Crippen LogP contribution in [0.3, 0.4) is 0 Å². The summed E-state index contributed by atoms with van der Waals surface area (Å²) >= 11 is 2.24. The van der Waals surface area contributed by atoms with Crippen molar-refractivity contribution < 1.29 is 5.11 Å². The second-order valence-electron chi connectivity index (χ2n) is 3.40. The summed E-state index contributed by atoms with van der Waals surface area (Å²) in [5.41, 5.74) is 2.08. The van der Waals surface area contributed by atoms with Crippen molar-refractivity contribution in [2.75, 3.05) is 0 Å². The maximum Gasteiger partial charge on any atom is 0.137 e. The largest absolute Gasteiger partial charge is 0.393 e. The van der Waals surface area contributed by atoms with E-state index in [1.165, 1.54) is 0 Å². The molecule has 74 valence electrons. The maximum atomic E-state index is 9.27. The summed E-state index contributed by atoms with van der Waals surface area (Å²) in [5, 5.41) is 9.27. The first-order chi connectivity index (χ1) is 6.66. The molecular weight excluding hydrogens is 291 g/mol. The van der Waals surface area contributed by atoms with Gasteiger partial charge >= 0.3 is 0 Å². The fourth-order valence-electron chi connectivity index (χ4n) is 1.46. The Morgan fingerprint density at radius 1 is 1.57 bits per heavy atom. The molecule has 0 bridgehead atoms. The highest BCUT2D eigenvalue weighted by atomic mass is 127. The number of pyridine rings is 1. The third-order valence-electron chi connectivity index (χ3n) is 2.05. The molecule has 0 amide bonds. The van der Waals surface area contributed by atoms with Gasteiger partial charge in [-0.1, -0.05) is 6.07 Å². The van der Waals surface area contributed by atoms with Crippen LogP contribution in [0.5, 0.6) is 0 Å². The van der Waals surface area contributed by atoms with Crippen molar-refractivity contribution in [1.82, 2.24) is 9.38 Å². The third-order valence-corrected chi connectivity index (χ3v) is 2.85. The number of fused-ring (bicyclic) bond motifs is 1. The van der Waals surface area contributed by atoms with E-state index in [1.54, 1.807) is 6.92 Å². The molecule has 0 saturated carbocycles. The predicted octanol–water partition coefficient (Wildman–Crippen LogP) is 1.86. The average Bonchev–Trinajstić information content (AvgIpc) is 2.47. The van der Waals surface area contributed by atoms with E-state index in [2.05, 4.69) is 27.6 Å². The van der Waals surface area contributed by atoms with Crippen LogP contribution in [0.25, 0.3) is 5.65 Å². The van der Waals surface area contributed by atoms with Gasteiger partial charge in [-0.2, -0.15) is 0 Å². The van der Waals surface area contributed by atoms with Gasteiger partial charge in [0.05, 0.1) is 12.3 Å². The molecule has 14 heavy (non-hydrogen) atoms. The van der Waals surface area contributed by atoms with Gasteiger partial charge in [-0.05, 0) is 47.6 Å². The topological polar surface area (TPSA) is 37.5 Å². The van der Waals surface area contributed by atoms with Crippen molar-refractivity contribution in [2.45, 2.75) is 19.4 Å². The number of hydrogen-bond donors (Lipinski definition) is 1. The zero-order chi connectivity index (χ0) is 10.1. The fraction of sp³-hybridized carbons (Fsp3) is 0.300.